The number of nitrogen functional groups attached to an aromatic ring is 3. The van der Waals surface area contributed by atoms with Gasteiger partial charge in [0.2, 0.25) is 0 Å². The Balaban J connectivity index is 0. The standard InChI is InChI=1S/C13H13F3N4.3ClH/c14-13(15,16)10-5-8(18)6-11(19)12(10)20-9-3-1-7(17)2-4-9;;;/h1-6,20H,17-19H2;3*1H. The van der Waals surface area contributed by atoms with E-state index in [2.05, 4.69) is 5.32 Å². The lowest BCUT2D eigenvalue weighted by atomic mass is 10.1. The zero-order chi connectivity index (χ0) is 14.9. The van der Waals surface area contributed by atoms with Crippen LogP contribution in [0.5, 0.6) is 0 Å². The number of halogens is 6. The minimum atomic E-state index is -4.56. The topological polar surface area (TPSA) is 90.1 Å². The van der Waals surface area contributed by atoms with E-state index in [1.165, 1.54) is 6.07 Å². The van der Waals surface area contributed by atoms with Crippen LogP contribution in [-0.4, -0.2) is 0 Å². The van der Waals surface area contributed by atoms with E-state index in [9.17, 15) is 13.2 Å². The highest BCUT2D eigenvalue weighted by atomic mass is 35.5. The normalized spacial score (nSPS) is 9.87. The lowest BCUT2D eigenvalue weighted by Crippen LogP contribution is -2.11. The summed E-state index contributed by atoms with van der Waals surface area (Å²) in [6.07, 6.45) is -4.56. The van der Waals surface area contributed by atoms with Crippen LogP contribution < -0.4 is 22.5 Å². The average molecular weight is 392 g/mol. The highest BCUT2D eigenvalue weighted by Crippen LogP contribution is 2.40. The molecule has 0 aromatic heterocycles. The second-order valence-corrected chi connectivity index (χ2v) is 4.28. The van der Waals surface area contributed by atoms with Crippen molar-refractivity contribution in [2.24, 2.45) is 0 Å². The van der Waals surface area contributed by atoms with Gasteiger partial charge in [-0.05, 0) is 36.4 Å². The Hall–Kier alpha value is -1.70. The minimum Gasteiger partial charge on any atom is -0.399 e. The van der Waals surface area contributed by atoms with Gasteiger partial charge in [-0.25, -0.2) is 0 Å². The Kier molecular flexibility index (Phi) is 9.02. The quantitative estimate of drug-likeness (QED) is 0.569. The van der Waals surface area contributed by atoms with Crippen molar-refractivity contribution in [1.82, 2.24) is 0 Å². The van der Waals surface area contributed by atoms with Gasteiger partial charge in [0, 0.05) is 17.1 Å². The molecule has 4 nitrogen and oxygen atoms in total. The smallest absolute Gasteiger partial charge is 0.399 e. The third-order valence-electron chi connectivity index (χ3n) is 2.68. The zero-order valence-corrected chi connectivity index (χ0v) is 14.0. The summed E-state index contributed by atoms with van der Waals surface area (Å²) in [6.45, 7) is 0. The van der Waals surface area contributed by atoms with E-state index in [0.717, 1.165) is 6.07 Å². The van der Waals surface area contributed by atoms with E-state index in [1.807, 2.05) is 0 Å². The molecule has 0 aliphatic rings. The fourth-order valence-electron chi connectivity index (χ4n) is 1.76. The second kappa shape index (κ2) is 8.81. The highest BCUT2D eigenvalue weighted by Gasteiger charge is 2.34. The number of alkyl halides is 3. The van der Waals surface area contributed by atoms with Gasteiger partial charge in [-0.15, -0.1) is 37.2 Å². The maximum absolute atomic E-state index is 13.0. The molecule has 0 spiro atoms. The van der Waals surface area contributed by atoms with Crippen LogP contribution in [-0.2, 0) is 6.18 Å². The first-order valence-corrected chi connectivity index (χ1v) is 5.66. The molecular weight excluding hydrogens is 376 g/mol. The second-order valence-electron chi connectivity index (χ2n) is 4.28. The molecule has 0 radical (unpaired) electrons. The summed E-state index contributed by atoms with van der Waals surface area (Å²) >= 11 is 0. The van der Waals surface area contributed by atoms with Crippen LogP contribution in [0.4, 0.5) is 41.6 Å². The van der Waals surface area contributed by atoms with E-state index in [0.29, 0.717) is 11.4 Å². The Morgan fingerprint density at radius 3 is 1.78 bits per heavy atom. The molecule has 0 unspecified atom stereocenters. The highest BCUT2D eigenvalue weighted by molar-refractivity contribution is 5.86. The van der Waals surface area contributed by atoms with Crippen molar-refractivity contribution in [3.8, 4) is 0 Å². The van der Waals surface area contributed by atoms with Gasteiger partial charge in [0.15, 0.2) is 0 Å². The molecule has 23 heavy (non-hydrogen) atoms. The van der Waals surface area contributed by atoms with Crippen LogP contribution in [0.1, 0.15) is 5.56 Å². The summed E-state index contributed by atoms with van der Waals surface area (Å²) in [4.78, 5) is 0. The fraction of sp³-hybridized carbons (Fsp3) is 0.0769. The predicted molar refractivity (Wildman–Crippen MR) is 96.1 cm³/mol. The van der Waals surface area contributed by atoms with Crippen molar-refractivity contribution in [3.05, 3.63) is 42.0 Å². The first-order chi connectivity index (χ1) is 9.27. The van der Waals surface area contributed by atoms with Gasteiger partial charge < -0.3 is 22.5 Å². The summed E-state index contributed by atoms with van der Waals surface area (Å²) in [6, 6.07) is 8.38. The van der Waals surface area contributed by atoms with Gasteiger partial charge in [-0.2, -0.15) is 13.2 Å². The van der Waals surface area contributed by atoms with Crippen molar-refractivity contribution in [2.75, 3.05) is 22.5 Å². The number of nitrogens with one attached hydrogen (secondary N) is 1. The van der Waals surface area contributed by atoms with Gasteiger partial charge >= 0.3 is 6.18 Å². The Bertz CT molecular complexity index is 634. The van der Waals surface area contributed by atoms with Crippen LogP contribution in [0.2, 0.25) is 0 Å². The molecule has 0 saturated carbocycles. The van der Waals surface area contributed by atoms with Crippen molar-refractivity contribution >= 4 is 65.7 Å². The van der Waals surface area contributed by atoms with Gasteiger partial charge in [0.25, 0.3) is 0 Å². The van der Waals surface area contributed by atoms with Crippen LogP contribution in [0, 0.1) is 0 Å². The third kappa shape index (κ3) is 5.78. The van der Waals surface area contributed by atoms with E-state index in [1.54, 1.807) is 24.3 Å². The number of anilines is 5. The summed E-state index contributed by atoms with van der Waals surface area (Å²) in [5, 5.41) is 2.65. The molecule has 2 aromatic rings. The van der Waals surface area contributed by atoms with Gasteiger partial charge in [0.1, 0.15) is 0 Å². The number of hydrogen-bond donors (Lipinski definition) is 4. The van der Waals surface area contributed by atoms with Crippen LogP contribution in [0.25, 0.3) is 0 Å². The SMILES string of the molecule is Cl.Cl.Cl.Nc1ccc(Nc2c(N)cc(N)cc2C(F)(F)F)cc1. The first kappa shape index (κ1) is 23.6. The number of nitrogens with two attached hydrogens (primary N) is 3. The summed E-state index contributed by atoms with van der Waals surface area (Å²) in [5.74, 6) is 0. The van der Waals surface area contributed by atoms with Gasteiger partial charge in [-0.3, -0.25) is 0 Å². The molecule has 7 N–H and O–H groups in total. The van der Waals surface area contributed by atoms with E-state index in [-0.39, 0.29) is 54.3 Å². The lowest BCUT2D eigenvalue weighted by molar-refractivity contribution is -0.136. The molecule has 0 aliphatic heterocycles. The van der Waals surface area contributed by atoms with Gasteiger partial charge in [0.05, 0.1) is 16.9 Å². The molecule has 0 amide bonds. The van der Waals surface area contributed by atoms with E-state index >= 15 is 0 Å². The van der Waals surface area contributed by atoms with Crippen molar-refractivity contribution in [3.63, 3.8) is 0 Å². The maximum atomic E-state index is 13.0. The molecule has 0 aliphatic carbocycles. The molecule has 10 heteroatoms. The Morgan fingerprint density at radius 2 is 1.30 bits per heavy atom. The summed E-state index contributed by atoms with van der Waals surface area (Å²) < 4.78 is 39.0. The fourth-order valence-corrected chi connectivity index (χ4v) is 1.76. The van der Waals surface area contributed by atoms with E-state index < -0.39 is 11.7 Å². The minimum absolute atomic E-state index is 0. The number of benzene rings is 2. The van der Waals surface area contributed by atoms with Crippen molar-refractivity contribution in [1.29, 1.82) is 0 Å². The summed E-state index contributed by atoms with van der Waals surface area (Å²) in [7, 11) is 0. The maximum Gasteiger partial charge on any atom is 0.418 e. The molecule has 2 rings (SSSR count). The van der Waals surface area contributed by atoms with Crippen LogP contribution >= 0.6 is 37.2 Å². The Morgan fingerprint density at radius 1 is 0.783 bits per heavy atom. The third-order valence-corrected chi connectivity index (χ3v) is 2.68. The Labute approximate surface area is 149 Å². The van der Waals surface area contributed by atoms with E-state index in [4.69, 9.17) is 17.2 Å². The van der Waals surface area contributed by atoms with Crippen molar-refractivity contribution in [2.45, 2.75) is 6.18 Å². The molecule has 130 valence electrons. The molecule has 2 aromatic carbocycles. The predicted octanol–water partition coefficient (Wildman–Crippen LogP) is 4.46. The molecule has 0 heterocycles. The number of hydrogen-bond acceptors (Lipinski definition) is 4. The largest absolute Gasteiger partial charge is 0.418 e. The zero-order valence-electron chi connectivity index (χ0n) is 11.6. The number of rotatable bonds is 2. The summed E-state index contributed by atoms with van der Waals surface area (Å²) in [5.41, 5.74) is 16.3. The monoisotopic (exact) mass is 390 g/mol. The van der Waals surface area contributed by atoms with Crippen LogP contribution in [0.3, 0.4) is 0 Å². The average Bonchev–Trinajstić information content (AvgIpc) is 2.33. The molecule has 0 atom stereocenters. The molecule has 0 saturated heterocycles. The molecular formula is C13H16Cl3F3N4. The van der Waals surface area contributed by atoms with Crippen molar-refractivity contribution < 1.29 is 13.2 Å². The molecule has 0 fully saturated rings. The molecule has 0 bridgehead atoms. The van der Waals surface area contributed by atoms with Crippen LogP contribution in [0.15, 0.2) is 36.4 Å². The first-order valence-electron chi connectivity index (χ1n) is 5.66. The lowest BCUT2D eigenvalue weighted by Gasteiger charge is -2.17. The van der Waals surface area contributed by atoms with Gasteiger partial charge in [-0.1, -0.05) is 0 Å².